The van der Waals surface area contributed by atoms with Gasteiger partial charge in [-0.2, -0.15) is 0 Å². The third-order valence-corrected chi connectivity index (χ3v) is 4.74. The molecule has 2 atom stereocenters. The monoisotopic (exact) mass is 359 g/mol. The van der Waals surface area contributed by atoms with Gasteiger partial charge < -0.3 is 4.74 Å². The number of nitrogens with zero attached hydrogens (tertiary/aromatic N) is 1. The maximum absolute atomic E-state index is 13.6. The summed E-state index contributed by atoms with van der Waals surface area (Å²) < 4.78 is 20.0. The number of halogens is 2. The molecule has 1 aliphatic heterocycles. The van der Waals surface area contributed by atoms with Crippen LogP contribution in [0, 0.1) is 5.82 Å². The van der Waals surface area contributed by atoms with Gasteiger partial charge in [0.15, 0.2) is 0 Å². The van der Waals surface area contributed by atoms with E-state index in [9.17, 15) is 4.39 Å². The molecule has 0 bridgehead atoms. The lowest BCUT2D eigenvalue weighted by Gasteiger charge is -2.36. The topological polar surface area (TPSA) is 50.5 Å². The Morgan fingerprint density at radius 3 is 3.10 bits per heavy atom. The van der Waals surface area contributed by atoms with Crippen LogP contribution in [0.5, 0.6) is 0 Å². The third kappa shape index (κ3) is 4.47. The van der Waals surface area contributed by atoms with Crippen LogP contribution in [-0.4, -0.2) is 43.3 Å². The zero-order valence-corrected chi connectivity index (χ0v) is 13.9. The number of morpholine rings is 1. The van der Waals surface area contributed by atoms with Gasteiger partial charge in [-0.15, -0.1) is 0 Å². The molecule has 4 nitrogen and oxygen atoms in total. The van der Waals surface area contributed by atoms with Gasteiger partial charge in [0.05, 0.1) is 23.2 Å². The lowest BCUT2D eigenvalue weighted by molar-refractivity contribution is -0.0462. The van der Waals surface area contributed by atoms with Crippen molar-refractivity contribution in [1.82, 2.24) is 10.3 Å². The highest BCUT2D eigenvalue weighted by molar-refractivity contribution is 9.10. The fourth-order valence-electron chi connectivity index (χ4n) is 2.74. The highest BCUT2D eigenvalue weighted by atomic mass is 79.9. The second-order valence-electron chi connectivity index (χ2n) is 5.40. The average Bonchev–Trinajstić information content (AvgIpc) is 2.49. The Hall–Kier alpha value is -0.530. The summed E-state index contributed by atoms with van der Waals surface area (Å²) in [7, 11) is 0. The molecular weight excluding hydrogens is 337 g/mol. The summed E-state index contributed by atoms with van der Waals surface area (Å²) in [6, 6.07) is 5.03. The molecule has 1 heterocycles. The van der Waals surface area contributed by atoms with E-state index in [4.69, 9.17) is 10.6 Å². The number of hydrogen-bond donors (Lipinski definition) is 2. The number of nitrogens with two attached hydrogens (primary N) is 1. The molecule has 2 rings (SSSR count). The van der Waals surface area contributed by atoms with E-state index in [1.165, 1.54) is 6.07 Å². The first-order valence-electron chi connectivity index (χ1n) is 7.38. The van der Waals surface area contributed by atoms with E-state index in [2.05, 4.69) is 33.2 Å². The second kappa shape index (κ2) is 8.19. The van der Waals surface area contributed by atoms with E-state index < -0.39 is 0 Å². The lowest BCUT2D eigenvalue weighted by atomic mass is 10.0. The predicted octanol–water partition coefficient (Wildman–Crippen LogP) is 2.07. The highest BCUT2D eigenvalue weighted by Gasteiger charge is 2.28. The molecule has 0 aromatic heterocycles. The summed E-state index contributed by atoms with van der Waals surface area (Å²) in [4.78, 5) is 2.39. The van der Waals surface area contributed by atoms with Crippen LogP contribution in [0.4, 0.5) is 4.39 Å². The first-order valence-corrected chi connectivity index (χ1v) is 8.18. The Kier molecular flexibility index (Phi) is 6.57. The van der Waals surface area contributed by atoms with Crippen LogP contribution >= 0.6 is 15.9 Å². The zero-order chi connectivity index (χ0) is 15.2. The summed E-state index contributed by atoms with van der Waals surface area (Å²) in [6.07, 6.45) is 1.77. The molecule has 0 radical (unpaired) electrons. The summed E-state index contributed by atoms with van der Waals surface area (Å²) in [5.74, 6) is 5.45. The molecular formula is C15H23BrFN3O. The number of hydrazine groups is 1. The Morgan fingerprint density at radius 2 is 2.38 bits per heavy atom. The van der Waals surface area contributed by atoms with Crippen LogP contribution in [0.2, 0.25) is 0 Å². The maximum Gasteiger partial charge on any atom is 0.137 e. The molecule has 6 heteroatoms. The normalized spacial score (nSPS) is 21.4. The molecule has 1 fully saturated rings. The van der Waals surface area contributed by atoms with Crippen molar-refractivity contribution >= 4 is 15.9 Å². The van der Waals surface area contributed by atoms with Gasteiger partial charge in [0.25, 0.3) is 0 Å². The van der Waals surface area contributed by atoms with Crippen LogP contribution in [0.1, 0.15) is 18.9 Å². The van der Waals surface area contributed by atoms with Crippen molar-refractivity contribution in [3.63, 3.8) is 0 Å². The van der Waals surface area contributed by atoms with Crippen molar-refractivity contribution in [2.45, 2.75) is 31.9 Å². The molecule has 1 aliphatic rings. The van der Waals surface area contributed by atoms with Crippen molar-refractivity contribution in [1.29, 1.82) is 0 Å². The Bertz CT molecular complexity index is 459. The molecule has 1 aromatic carbocycles. The van der Waals surface area contributed by atoms with E-state index in [-0.39, 0.29) is 18.0 Å². The predicted molar refractivity (Wildman–Crippen MR) is 85.4 cm³/mol. The number of rotatable bonds is 6. The molecule has 0 saturated carbocycles. The van der Waals surface area contributed by atoms with E-state index >= 15 is 0 Å². The zero-order valence-electron chi connectivity index (χ0n) is 12.3. The molecule has 0 spiro atoms. The van der Waals surface area contributed by atoms with Crippen molar-refractivity contribution in [3.8, 4) is 0 Å². The molecule has 1 saturated heterocycles. The molecule has 2 unspecified atom stereocenters. The Morgan fingerprint density at radius 1 is 1.57 bits per heavy atom. The van der Waals surface area contributed by atoms with Crippen LogP contribution in [0.15, 0.2) is 22.7 Å². The van der Waals surface area contributed by atoms with Crippen LogP contribution in [0.3, 0.4) is 0 Å². The minimum atomic E-state index is -0.250. The van der Waals surface area contributed by atoms with E-state index in [1.807, 2.05) is 6.07 Å². The minimum Gasteiger partial charge on any atom is -0.374 e. The summed E-state index contributed by atoms with van der Waals surface area (Å²) in [5.41, 5.74) is 3.73. The number of benzene rings is 1. The first-order chi connectivity index (χ1) is 10.2. The van der Waals surface area contributed by atoms with E-state index in [1.54, 1.807) is 6.07 Å². The van der Waals surface area contributed by atoms with Crippen LogP contribution in [-0.2, 0) is 11.2 Å². The van der Waals surface area contributed by atoms with Gasteiger partial charge in [-0.05, 0) is 46.9 Å². The number of nitrogens with one attached hydrogen (secondary N) is 1. The first kappa shape index (κ1) is 16.8. The molecule has 118 valence electrons. The van der Waals surface area contributed by atoms with Crippen LogP contribution in [0.25, 0.3) is 0 Å². The SMILES string of the molecule is CCCN1CCOC(C(Cc2cccc(F)c2Br)NN)C1. The molecule has 3 N–H and O–H groups in total. The number of ether oxygens (including phenoxy) is 1. The fraction of sp³-hybridized carbons (Fsp3) is 0.600. The number of hydrogen-bond acceptors (Lipinski definition) is 4. The van der Waals surface area contributed by atoms with Crippen molar-refractivity contribution in [3.05, 3.63) is 34.1 Å². The average molecular weight is 360 g/mol. The fourth-order valence-corrected chi connectivity index (χ4v) is 3.16. The second-order valence-corrected chi connectivity index (χ2v) is 6.19. The van der Waals surface area contributed by atoms with E-state index in [0.29, 0.717) is 17.5 Å². The van der Waals surface area contributed by atoms with Gasteiger partial charge >= 0.3 is 0 Å². The van der Waals surface area contributed by atoms with Gasteiger partial charge in [-0.3, -0.25) is 16.2 Å². The lowest BCUT2D eigenvalue weighted by Crippen LogP contribution is -2.54. The smallest absolute Gasteiger partial charge is 0.137 e. The summed E-state index contributed by atoms with van der Waals surface area (Å²) >= 11 is 3.30. The van der Waals surface area contributed by atoms with Gasteiger partial charge in [0.1, 0.15) is 5.82 Å². The molecule has 0 aliphatic carbocycles. The molecule has 0 amide bonds. The molecule has 1 aromatic rings. The largest absolute Gasteiger partial charge is 0.374 e. The van der Waals surface area contributed by atoms with Gasteiger partial charge in [0, 0.05) is 13.1 Å². The highest BCUT2D eigenvalue weighted by Crippen LogP contribution is 2.23. The van der Waals surface area contributed by atoms with Crippen LogP contribution < -0.4 is 11.3 Å². The Balaban J connectivity index is 2.03. The van der Waals surface area contributed by atoms with Gasteiger partial charge in [-0.25, -0.2) is 4.39 Å². The molecule has 21 heavy (non-hydrogen) atoms. The Labute approximate surface area is 133 Å². The standard InChI is InChI=1S/C15H23BrFN3O/c1-2-6-20-7-8-21-14(10-20)13(19-18)9-11-4-3-5-12(17)15(11)16/h3-5,13-14,19H,2,6-10,18H2,1H3. The van der Waals surface area contributed by atoms with Crippen molar-refractivity contribution < 1.29 is 9.13 Å². The van der Waals surface area contributed by atoms with Crippen molar-refractivity contribution in [2.24, 2.45) is 5.84 Å². The van der Waals surface area contributed by atoms with Gasteiger partial charge in [-0.1, -0.05) is 19.1 Å². The quantitative estimate of drug-likeness (QED) is 0.603. The van der Waals surface area contributed by atoms with Gasteiger partial charge in [0.2, 0.25) is 0 Å². The summed E-state index contributed by atoms with van der Waals surface area (Å²) in [5, 5.41) is 0. The van der Waals surface area contributed by atoms with E-state index in [0.717, 1.165) is 31.6 Å². The van der Waals surface area contributed by atoms with Crippen molar-refractivity contribution in [2.75, 3.05) is 26.2 Å². The maximum atomic E-state index is 13.6. The summed E-state index contributed by atoms with van der Waals surface area (Å²) in [6.45, 7) is 5.78. The third-order valence-electron chi connectivity index (χ3n) is 3.85. The minimum absolute atomic E-state index is 0.0190.